The van der Waals surface area contributed by atoms with Gasteiger partial charge in [0, 0.05) is 18.2 Å². The molecule has 0 fully saturated rings. The number of hydrogen-bond donors (Lipinski definition) is 3. The minimum Gasteiger partial charge on any atom is -0.481 e. The lowest BCUT2D eigenvalue weighted by atomic mass is 9.98. The topological polar surface area (TPSA) is 139 Å². The first-order valence-electron chi connectivity index (χ1n) is 10.1. The number of nitrogens with one attached hydrogen (secondary N) is 2. The van der Waals surface area contributed by atoms with E-state index < -0.39 is 10.0 Å². The van der Waals surface area contributed by atoms with E-state index in [4.69, 9.17) is 4.74 Å². The summed E-state index contributed by atoms with van der Waals surface area (Å²) in [7, 11) is -1.99. The van der Waals surface area contributed by atoms with Crippen molar-refractivity contribution < 1.29 is 18.3 Å². The average Bonchev–Trinajstić information content (AvgIpc) is 2.65. The summed E-state index contributed by atoms with van der Waals surface area (Å²) in [5.41, 5.74) is 1.91. The maximum absolute atomic E-state index is 11.7. The number of aromatic nitrogens is 4. The Balaban J connectivity index is 2.31. The van der Waals surface area contributed by atoms with Gasteiger partial charge in [-0.1, -0.05) is 20.8 Å². The smallest absolute Gasteiger partial charge is 0.241 e. The molecule has 0 spiro atoms. The third-order valence-corrected chi connectivity index (χ3v) is 5.12. The van der Waals surface area contributed by atoms with Gasteiger partial charge < -0.3 is 15.2 Å². The summed E-state index contributed by atoms with van der Waals surface area (Å²) < 4.78 is 30.9. The van der Waals surface area contributed by atoms with Gasteiger partial charge in [0.05, 0.1) is 26.0 Å². The number of aliphatic hydroxyl groups excluding tert-OH is 1. The van der Waals surface area contributed by atoms with Gasteiger partial charge in [0.2, 0.25) is 27.8 Å². The van der Waals surface area contributed by atoms with Gasteiger partial charge in [0.25, 0.3) is 0 Å². The minimum atomic E-state index is -3.56. The third kappa shape index (κ3) is 7.91. The van der Waals surface area contributed by atoms with Crippen LogP contribution < -0.4 is 14.8 Å². The van der Waals surface area contributed by atoms with E-state index in [9.17, 15) is 13.5 Å². The van der Waals surface area contributed by atoms with Crippen LogP contribution in [0.2, 0.25) is 0 Å². The molecule has 0 aliphatic carbocycles. The molecule has 10 nitrogen and oxygen atoms in total. The molecule has 2 heterocycles. The van der Waals surface area contributed by atoms with Gasteiger partial charge in [0.15, 0.2) is 0 Å². The van der Waals surface area contributed by atoms with Gasteiger partial charge in [-0.3, -0.25) is 4.72 Å². The molecule has 2 atom stereocenters. The first-order chi connectivity index (χ1) is 14.5. The van der Waals surface area contributed by atoms with Crippen molar-refractivity contribution in [2.75, 3.05) is 30.0 Å². The Bertz CT molecular complexity index is 984. The van der Waals surface area contributed by atoms with Gasteiger partial charge in [-0.05, 0) is 36.8 Å². The molecule has 3 N–H and O–H groups in total. The molecule has 0 saturated heterocycles. The van der Waals surface area contributed by atoms with E-state index in [0.29, 0.717) is 30.5 Å². The predicted octanol–water partition coefficient (Wildman–Crippen LogP) is 2.12. The van der Waals surface area contributed by atoms with Crippen molar-refractivity contribution in [2.24, 2.45) is 5.92 Å². The highest BCUT2D eigenvalue weighted by atomic mass is 32.2. The Morgan fingerprint density at radius 1 is 1.16 bits per heavy atom. The second-order valence-corrected chi connectivity index (χ2v) is 9.87. The monoisotopic (exact) mass is 452 g/mol. The number of anilines is 2. The van der Waals surface area contributed by atoms with Crippen LogP contribution in [-0.4, -0.2) is 59.5 Å². The molecule has 0 bridgehead atoms. The van der Waals surface area contributed by atoms with Gasteiger partial charge in [-0.15, -0.1) is 0 Å². The molecule has 31 heavy (non-hydrogen) atoms. The van der Waals surface area contributed by atoms with Crippen molar-refractivity contribution in [2.45, 2.75) is 52.5 Å². The molecule has 11 heteroatoms. The average molecular weight is 453 g/mol. The number of aryl methyl sites for hydroxylation is 1. The lowest BCUT2D eigenvalue weighted by molar-refractivity contribution is 0.259. The van der Waals surface area contributed by atoms with Crippen LogP contribution in [0.15, 0.2) is 12.3 Å². The SMILES string of the molecule is COc1ncc(C(C)Cc2nc(N[C@@H](CO)CC(C)C)nc(NS(C)(=O)=O)n2)cc1C. The molecule has 0 aromatic carbocycles. The molecule has 0 radical (unpaired) electrons. The highest BCUT2D eigenvalue weighted by Gasteiger charge is 2.17. The van der Waals surface area contributed by atoms with Gasteiger partial charge >= 0.3 is 0 Å². The van der Waals surface area contributed by atoms with Gasteiger partial charge in [0.1, 0.15) is 5.82 Å². The Morgan fingerprint density at radius 2 is 1.84 bits per heavy atom. The van der Waals surface area contributed by atoms with Crippen molar-refractivity contribution in [3.63, 3.8) is 0 Å². The van der Waals surface area contributed by atoms with Crippen molar-refractivity contribution in [3.8, 4) is 5.88 Å². The molecule has 2 rings (SSSR count). The van der Waals surface area contributed by atoms with Crippen molar-refractivity contribution in [1.82, 2.24) is 19.9 Å². The molecule has 0 aliphatic rings. The van der Waals surface area contributed by atoms with E-state index in [2.05, 4.69) is 30.0 Å². The first kappa shape index (κ1) is 24.7. The zero-order valence-corrected chi connectivity index (χ0v) is 19.7. The Hall–Kier alpha value is -2.53. The normalized spacial score (nSPS) is 13.7. The maximum atomic E-state index is 11.7. The van der Waals surface area contributed by atoms with Crippen LogP contribution in [0.5, 0.6) is 5.88 Å². The fourth-order valence-corrected chi connectivity index (χ4v) is 3.60. The summed E-state index contributed by atoms with van der Waals surface area (Å²) in [5, 5.41) is 12.7. The molecule has 1 unspecified atom stereocenters. The summed E-state index contributed by atoms with van der Waals surface area (Å²) in [5.74, 6) is 1.51. The zero-order valence-electron chi connectivity index (χ0n) is 18.9. The van der Waals surface area contributed by atoms with E-state index in [-0.39, 0.29) is 30.5 Å². The molecular weight excluding hydrogens is 420 g/mol. The Morgan fingerprint density at radius 3 is 2.39 bits per heavy atom. The number of sulfonamides is 1. The van der Waals surface area contributed by atoms with Crippen LogP contribution >= 0.6 is 0 Å². The summed E-state index contributed by atoms with van der Waals surface area (Å²) >= 11 is 0. The zero-order chi connectivity index (χ0) is 23.2. The number of hydrogen-bond acceptors (Lipinski definition) is 9. The highest BCUT2D eigenvalue weighted by molar-refractivity contribution is 7.91. The summed E-state index contributed by atoms with van der Waals surface area (Å²) in [6, 6.07) is 1.74. The summed E-state index contributed by atoms with van der Waals surface area (Å²) in [6.45, 7) is 7.93. The molecular formula is C20H32N6O4S. The van der Waals surface area contributed by atoms with Crippen LogP contribution in [0.4, 0.5) is 11.9 Å². The molecule has 2 aromatic rings. The summed E-state index contributed by atoms with van der Waals surface area (Å²) in [6.07, 6.45) is 3.93. The fourth-order valence-electron chi connectivity index (χ4n) is 3.18. The van der Waals surface area contributed by atoms with Crippen LogP contribution in [0.1, 0.15) is 50.1 Å². The molecule has 172 valence electrons. The number of nitrogens with zero attached hydrogens (tertiary/aromatic N) is 4. The van der Waals surface area contributed by atoms with Crippen molar-refractivity contribution in [1.29, 1.82) is 0 Å². The number of ether oxygens (including phenoxy) is 1. The molecule has 2 aromatic heterocycles. The maximum Gasteiger partial charge on any atom is 0.241 e. The third-order valence-electron chi connectivity index (χ3n) is 4.57. The predicted molar refractivity (Wildman–Crippen MR) is 120 cm³/mol. The van der Waals surface area contributed by atoms with Gasteiger partial charge in [-0.25, -0.2) is 13.4 Å². The largest absolute Gasteiger partial charge is 0.481 e. The number of pyridine rings is 1. The Kier molecular flexibility index (Phi) is 8.52. The standard InChI is InChI=1S/C20H32N6O4S/c1-12(2)7-16(11-27)22-19-23-17(24-20(25-19)26-31(6,28)29)9-13(3)15-8-14(4)18(30-5)21-10-15/h8,10,12-13,16,27H,7,9,11H2,1-6H3,(H2,22,23,24,25,26)/t13?,16-/m1/s1. The van der Waals surface area contributed by atoms with Gasteiger partial charge in [-0.2, -0.15) is 15.0 Å². The lowest BCUT2D eigenvalue weighted by Gasteiger charge is -2.19. The second kappa shape index (κ2) is 10.7. The highest BCUT2D eigenvalue weighted by Crippen LogP contribution is 2.24. The van der Waals surface area contributed by atoms with Crippen molar-refractivity contribution >= 4 is 21.9 Å². The number of aliphatic hydroxyl groups is 1. The van der Waals surface area contributed by atoms with E-state index in [0.717, 1.165) is 17.4 Å². The van der Waals surface area contributed by atoms with Crippen LogP contribution in [-0.2, 0) is 16.4 Å². The van der Waals surface area contributed by atoms with Crippen molar-refractivity contribution in [3.05, 3.63) is 29.2 Å². The molecule has 0 saturated carbocycles. The number of rotatable bonds is 11. The number of methoxy groups -OCH3 is 1. The fraction of sp³-hybridized carbons (Fsp3) is 0.600. The quantitative estimate of drug-likeness (QED) is 0.468. The van der Waals surface area contributed by atoms with Crippen LogP contribution in [0, 0.1) is 12.8 Å². The first-order valence-corrected chi connectivity index (χ1v) is 12.0. The molecule has 0 aliphatic heterocycles. The van der Waals surface area contributed by atoms with Crippen LogP contribution in [0.3, 0.4) is 0 Å². The van der Waals surface area contributed by atoms with E-state index in [1.165, 1.54) is 0 Å². The van der Waals surface area contributed by atoms with Crippen LogP contribution in [0.25, 0.3) is 0 Å². The van der Waals surface area contributed by atoms with E-state index in [1.807, 2.05) is 33.8 Å². The Labute approximate surface area is 184 Å². The second-order valence-electron chi connectivity index (χ2n) is 8.13. The minimum absolute atomic E-state index is 0.0164. The lowest BCUT2D eigenvalue weighted by Crippen LogP contribution is -2.27. The van der Waals surface area contributed by atoms with E-state index >= 15 is 0 Å². The summed E-state index contributed by atoms with van der Waals surface area (Å²) in [4.78, 5) is 17.2. The van der Waals surface area contributed by atoms with E-state index in [1.54, 1.807) is 13.3 Å². The molecule has 0 amide bonds.